The number of piperidine rings is 1. The number of hydrogen-bond acceptors (Lipinski definition) is 2. The fraction of sp³-hybridized carbons (Fsp3) is 0.417. The molecular formula is C12H16ClN3O. The lowest BCUT2D eigenvalue weighted by Gasteiger charge is -2.23. The molecule has 0 spiro atoms. The van der Waals surface area contributed by atoms with Crippen LogP contribution in [0.5, 0.6) is 0 Å². The van der Waals surface area contributed by atoms with Crippen molar-refractivity contribution in [2.75, 3.05) is 18.4 Å². The van der Waals surface area contributed by atoms with Gasteiger partial charge in [0.2, 0.25) is 0 Å². The lowest BCUT2D eigenvalue weighted by molar-refractivity contribution is 0.245. The van der Waals surface area contributed by atoms with E-state index < -0.39 is 0 Å². The Morgan fingerprint density at radius 2 is 2.24 bits per heavy atom. The highest BCUT2D eigenvalue weighted by Gasteiger charge is 2.15. The minimum absolute atomic E-state index is 0.200. The Balaban J connectivity index is 1.86. The molecule has 17 heavy (non-hydrogen) atoms. The highest BCUT2D eigenvalue weighted by atomic mass is 35.5. The number of para-hydroxylation sites is 1. The van der Waals surface area contributed by atoms with Crippen LogP contribution in [0.25, 0.3) is 0 Å². The number of carbonyl (C=O) groups excluding carboxylic acids is 1. The van der Waals surface area contributed by atoms with Gasteiger partial charge in [-0.15, -0.1) is 0 Å². The van der Waals surface area contributed by atoms with Gasteiger partial charge in [-0.05, 0) is 31.5 Å². The van der Waals surface area contributed by atoms with Crippen molar-refractivity contribution >= 4 is 23.3 Å². The molecule has 5 heteroatoms. The molecule has 1 fully saturated rings. The van der Waals surface area contributed by atoms with E-state index in [1.54, 1.807) is 12.1 Å². The molecule has 4 nitrogen and oxygen atoms in total. The second-order valence-electron chi connectivity index (χ2n) is 4.12. The molecule has 0 saturated carbocycles. The van der Waals surface area contributed by atoms with Crippen molar-refractivity contribution in [1.29, 1.82) is 0 Å². The first-order valence-corrected chi connectivity index (χ1v) is 6.16. The lowest BCUT2D eigenvalue weighted by Crippen LogP contribution is -2.47. The Labute approximate surface area is 106 Å². The fourth-order valence-electron chi connectivity index (χ4n) is 1.88. The van der Waals surface area contributed by atoms with Crippen molar-refractivity contribution in [2.45, 2.75) is 18.9 Å². The topological polar surface area (TPSA) is 53.2 Å². The van der Waals surface area contributed by atoms with Crippen molar-refractivity contribution in [3.8, 4) is 0 Å². The Kier molecular flexibility index (Phi) is 4.23. The standard InChI is InChI=1S/C12H16ClN3O/c13-10-5-1-2-6-11(10)16-12(17)15-9-4-3-7-14-8-9/h1-2,5-6,9,14H,3-4,7-8H2,(H2,15,16,17)/t9-/m0/s1. The van der Waals surface area contributed by atoms with Crippen LogP contribution in [0.4, 0.5) is 10.5 Å². The Morgan fingerprint density at radius 3 is 2.94 bits per heavy atom. The van der Waals surface area contributed by atoms with Crippen LogP contribution in [-0.2, 0) is 0 Å². The molecule has 3 N–H and O–H groups in total. The summed E-state index contributed by atoms with van der Waals surface area (Å²) in [6.07, 6.45) is 2.11. The minimum Gasteiger partial charge on any atom is -0.334 e. The molecule has 2 rings (SSSR count). The number of benzene rings is 1. The van der Waals surface area contributed by atoms with Gasteiger partial charge in [0.15, 0.2) is 0 Å². The quantitative estimate of drug-likeness (QED) is 0.757. The summed E-state index contributed by atoms with van der Waals surface area (Å²) in [5.41, 5.74) is 0.635. The highest BCUT2D eigenvalue weighted by Crippen LogP contribution is 2.20. The van der Waals surface area contributed by atoms with E-state index in [0.29, 0.717) is 10.7 Å². The first-order chi connectivity index (χ1) is 8.25. The molecule has 0 aliphatic carbocycles. The highest BCUT2D eigenvalue weighted by molar-refractivity contribution is 6.33. The zero-order valence-corrected chi connectivity index (χ0v) is 10.3. The molecule has 1 aromatic carbocycles. The Bertz CT molecular complexity index is 391. The number of hydrogen-bond donors (Lipinski definition) is 3. The number of rotatable bonds is 2. The van der Waals surface area contributed by atoms with E-state index in [9.17, 15) is 4.79 Å². The van der Waals surface area contributed by atoms with Crippen LogP contribution in [0.1, 0.15) is 12.8 Å². The van der Waals surface area contributed by atoms with Crippen LogP contribution in [0, 0.1) is 0 Å². The second kappa shape index (κ2) is 5.89. The zero-order chi connectivity index (χ0) is 12.1. The summed E-state index contributed by atoms with van der Waals surface area (Å²) < 4.78 is 0. The van der Waals surface area contributed by atoms with Crippen LogP contribution in [0.2, 0.25) is 5.02 Å². The number of urea groups is 1. The van der Waals surface area contributed by atoms with Gasteiger partial charge in [-0.3, -0.25) is 0 Å². The maximum atomic E-state index is 11.7. The monoisotopic (exact) mass is 253 g/mol. The van der Waals surface area contributed by atoms with Gasteiger partial charge < -0.3 is 16.0 Å². The molecule has 2 amide bonds. The smallest absolute Gasteiger partial charge is 0.319 e. The van der Waals surface area contributed by atoms with Crippen LogP contribution in [0.3, 0.4) is 0 Å². The molecule has 1 heterocycles. The van der Waals surface area contributed by atoms with Crippen molar-refractivity contribution in [3.63, 3.8) is 0 Å². The third-order valence-corrected chi connectivity index (χ3v) is 3.08. The molecule has 1 saturated heterocycles. The van der Waals surface area contributed by atoms with Crippen LogP contribution < -0.4 is 16.0 Å². The molecule has 0 bridgehead atoms. The van der Waals surface area contributed by atoms with Crippen LogP contribution in [-0.4, -0.2) is 25.2 Å². The SMILES string of the molecule is O=C(Nc1ccccc1Cl)N[C@H]1CCCNC1. The first kappa shape index (κ1) is 12.2. The van der Waals surface area contributed by atoms with E-state index >= 15 is 0 Å². The molecular weight excluding hydrogens is 238 g/mol. The second-order valence-corrected chi connectivity index (χ2v) is 4.53. The summed E-state index contributed by atoms with van der Waals surface area (Å²) in [4.78, 5) is 11.7. The van der Waals surface area contributed by atoms with E-state index in [1.807, 2.05) is 12.1 Å². The predicted octanol–water partition coefficient (Wildman–Crippen LogP) is 2.21. The summed E-state index contributed by atoms with van der Waals surface area (Å²) in [5, 5.41) is 9.46. The summed E-state index contributed by atoms with van der Waals surface area (Å²) in [5.74, 6) is 0. The predicted molar refractivity (Wildman–Crippen MR) is 69.5 cm³/mol. The Morgan fingerprint density at radius 1 is 1.41 bits per heavy atom. The maximum absolute atomic E-state index is 11.7. The van der Waals surface area contributed by atoms with Gasteiger partial charge in [-0.2, -0.15) is 0 Å². The molecule has 0 aromatic heterocycles. The molecule has 92 valence electrons. The van der Waals surface area contributed by atoms with E-state index in [4.69, 9.17) is 11.6 Å². The largest absolute Gasteiger partial charge is 0.334 e. The van der Waals surface area contributed by atoms with Gasteiger partial charge in [0.05, 0.1) is 10.7 Å². The Hall–Kier alpha value is -1.26. The van der Waals surface area contributed by atoms with Gasteiger partial charge >= 0.3 is 6.03 Å². The normalized spacial score (nSPS) is 19.7. The zero-order valence-electron chi connectivity index (χ0n) is 9.50. The van der Waals surface area contributed by atoms with Gasteiger partial charge in [0.25, 0.3) is 0 Å². The van der Waals surface area contributed by atoms with Crippen molar-refractivity contribution in [3.05, 3.63) is 29.3 Å². The first-order valence-electron chi connectivity index (χ1n) is 5.78. The van der Waals surface area contributed by atoms with Crippen LogP contribution in [0.15, 0.2) is 24.3 Å². The number of amides is 2. The molecule has 1 aliphatic heterocycles. The van der Waals surface area contributed by atoms with Crippen molar-refractivity contribution in [2.24, 2.45) is 0 Å². The average molecular weight is 254 g/mol. The van der Waals surface area contributed by atoms with Gasteiger partial charge in [-0.1, -0.05) is 23.7 Å². The van der Waals surface area contributed by atoms with E-state index in [2.05, 4.69) is 16.0 Å². The van der Waals surface area contributed by atoms with Gasteiger partial charge in [-0.25, -0.2) is 4.79 Å². The minimum atomic E-state index is -0.202. The molecule has 1 aromatic rings. The summed E-state index contributed by atoms with van der Waals surface area (Å²) in [6, 6.07) is 7.19. The average Bonchev–Trinajstić information content (AvgIpc) is 2.33. The van der Waals surface area contributed by atoms with Crippen LogP contribution >= 0.6 is 11.6 Å². The van der Waals surface area contributed by atoms with E-state index in [1.165, 1.54) is 0 Å². The number of anilines is 1. The van der Waals surface area contributed by atoms with Gasteiger partial charge in [0.1, 0.15) is 0 Å². The van der Waals surface area contributed by atoms with Gasteiger partial charge in [0, 0.05) is 12.6 Å². The molecule has 0 unspecified atom stereocenters. The number of carbonyl (C=O) groups is 1. The number of halogens is 1. The lowest BCUT2D eigenvalue weighted by atomic mass is 10.1. The fourth-order valence-corrected chi connectivity index (χ4v) is 2.06. The summed E-state index contributed by atoms with van der Waals surface area (Å²) >= 11 is 5.96. The van der Waals surface area contributed by atoms with E-state index in [-0.39, 0.29) is 12.1 Å². The third kappa shape index (κ3) is 3.61. The van der Waals surface area contributed by atoms with Crippen molar-refractivity contribution in [1.82, 2.24) is 10.6 Å². The molecule has 1 aliphatic rings. The third-order valence-electron chi connectivity index (χ3n) is 2.75. The van der Waals surface area contributed by atoms with Crippen molar-refractivity contribution < 1.29 is 4.79 Å². The maximum Gasteiger partial charge on any atom is 0.319 e. The molecule has 0 radical (unpaired) electrons. The molecule has 1 atom stereocenters. The summed E-state index contributed by atoms with van der Waals surface area (Å²) in [6.45, 7) is 1.86. The number of nitrogens with one attached hydrogen (secondary N) is 3. The summed E-state index contributed by atoms with van der Waals surface area (Å²) in [7, 11) is 0. The van der Waals surface area contributed by atoms with E-state index in [0.717, 1.165) is 25.9 Å².